The summed E-state index contributed by atoms with van der Waals surface area (Å²) in [6.07, 6.45) is 1.65. The molecule has 0 aliphatic rings. The molecule has 0 saturated carbocycles. The van der Waals surface area contributed by atoms with E-state index < -0.39 is 0 Å². The van der Waals surface area contributed by atoms with E-state index >= 15 is 0 Å². The lowest BCUT2D eigenvalue weighted by Crippen LogP contribution is -2.29. The summed E-state index contributed by atoms with van der Waals surface area (Å²) in [5.41, 5.74) is 4.97. The van der Waals surface area contributed by atoms with Crippen LogP contribution in [0.2, 0.25) is 0 Å². The minimum absolute atomic E-state index is 0.104. The molecule has 1 heterocycles. The van der Waals surface area contributed by atoms with Gasteiger partial charge in [0.2, 0.25) is 0 Å². The zero-order valence-electron chi connectivity index (χ0n) is 16.2. The number of aryl methyl sites for hydroxylation is 2. The summed E-state index contributed by atoms with van der Waals surface area (Å²) in [5.74, 6) is -0.389. The second-order valence-electron chi connectivity index (χ2n) is 6.67. The second kappa shape index (κ2) is 7.82. The van der Waals surface area contributed by atoms with Crippen molar-refractivity contribution in [2.75, 3.05) is 7.05 Å². The molecule has 27 heavy (non-hydrogen) atoms. The molecule has 2 aromatic carbocycles. The number of carbonyl (C=O) groups is 1. The Balaban J connectivity index is 1.91. The highest BCUT2D eigenvalue weighted by molar-refractivity contribution is 5.97. The molecular weight excluding hydrogens is 341 g/mol. The van der Waals surface area contributed by atoms with Gasteiger partial charge in [-0.3, -0.25) is 4.79 Å². The molecule has 0 saturated heterocycles. The highest BCUT2D eigenvalue weighted by Crippen LogP contribution is 2.23. The Bertz CT molecular complexity index is 969. The summed E-state index contributed by atoms with van der Waals surface area (Å²) < 4.78 is 13.1. The number of nitrogens with zero attached hydrogens (tertiary/aromatic N) is 3. The maximum Gasteiger partial charge on any atom is 0.254 e. The lowest BCUT2D eigenvalue weighted by molar-refractivity contribution is 0.0743. The molecule has 3 aromatic rings. The van der Waals surface area contributed by atoms with Crippen molar-refractivity contribution in [3.05, 3.63) is 70.8 Å². The van der Waals surface area contributed by atoms with E-state index in [1.165, 1.54) is 12.1 Å². The molecular formula is C22H24FN3O. The normalized spacial score (nSPS) is 12.2. The fourth-order valence-corrected chi connectivity index (χ4v) is 3.17. The van der Waals surface area contributed by atoms with Crippen molar-refractivity contribution in [1.82, 2.24) is 14.9 Å². The predicted octanol–water partition coefficient (Wildman–Crippen LogP) is 4.73. The van der Waals surface area contributed by atoms with Crippen LogP contribution in [0.25, 0.3) is 11.0 Å². The van der Waals surface area contributed by atoms with Crippen LogP contribution in [0.5, 0.6) is 0 Å². The molecule has 5 heteroatoms. The second-order valence-corrected chi connectivity index (χ2v) is 6.67. The maximum absolute atomic E-state index is 13.1. The first-order valence-corrected chi connectivity index (χ1v) is 9.26. The average Bonchev–Trinajstić information content (AvgIpc) is 2.71. The number of carbonyl (C=O) groups excluding carboxylic acids is 1. The summed E-state index contributed by atoms with van der Waals surface area (Å²) in [7, 11) is 1.75. The van der Waals surface area contributed by atoms with Crippen molar-refractivity contribution >= 4 is 16.9 Å². The number of benzene rings is 2. The van der Waals surface area contributed by atoms with E-state index in [0.29, 0.717) is 5.56 Å². The quantitative estimate of drug-likeness (QED) is 0.657. The Morgan fingerprint density at radius 1 is 1.00 bits per heavy atom. The first kappa shape index (κ1) is 19.0. The van der Waals surface area contributed by atoms with E-state index in [1.54, 1.807) is 36.2 Å². The number of hydrogen-bond acceptors (Lipinski definition) is 3. The number of rotatable bonds is 5. The van der Waals surface area contributed by atoms with Gasteiger partial charge < -0.3 is 4.90 Å². The third kappa shape index (κ3) is 3.82. The van der Waals surface area contributed by atoms with Gasteiger partial charge in [0.25, 0.3) is 5.91 Å². The SMILES string of the molecule is CCc1nc2ccc(C(=O)N(C)[C@@H](C)c3ccc(F)cc3)cc2nc1CC. The fourth-order valence-electron chi connectivity index (χ4n) is 3.17. The minimum atomic E-state index is -0.286. The van der Waals surface area contributed by atoms with Crippen molar-refractivity contribution in [3.63, 3.8) is 0 Å². The molecule has 0 unspecified atom stereocenters. The highest BCUT2D eigenvalue weighted by Gasteiger charge is 2.20. The monoisotopic (exact) mass is 365 g/mol. The lowest BCUT2D eigenvalue weighted by atomic mass is 10.1. The average molecular weight is 365 g/mol. The van der Waals surface area contributed by atoms with Gasteiger partial charge >= 0.3 is 0 Å². The van der Waals surface area contributed by atoms with Gasteiger partial charge in [0.05, 0.1) is 28.5 Å². The van der Waals surface area contributed by atoms with Gasteiger partial charge in [-0.1, -0.05) is 26.0 Å². The molecule has 0 aliphatic heterocycles. The predicted molar refractivity (Wildman–Crippen MR) is 105 cm³/mol. The summed E-state index contributed by atoms with van der Waals surface area (Å²) in [6, 6.07) is 11.5. The first-order valence-electron chi connectivity index (χ1n) is 9.26. The first-order chi connectivity index (χ1) is 12.9. The Morgan fingerprint density at radius 2 is 1.59 bits per heavy atom. The Hall–Kier alpha value is -2.82. The smallest absolute Gasteiger partial charge is 0.254 e. The molecule has 1 aromatic heterocycles. The molecule has 1 atom stereocenters. The van der Waals surface area contributed by atoms with Gasteiger partial charge in [-0.05, 0) is 55.7 Å². The van der Waals surface area contributed by atoms with Crippen molar-refractivity contribution < 1.29 is 9.18 Å². The summed E-state index contributed by atoms with van der Waals surface area (Å²) in [5, 5.41) is 0. The van der Waals surface area contributed by atoms with E-state index in [-0.39, 0.29) is 17.8 Å². The van der Waals surface area contributed by atoms with Gasteiger partial charge in [0.1, 0.15) is 5.82 Å². The van der Waals surface area contributed by atoms with E-state index in [4.69, 9.17) is 4.98 Å². The van der Waals surface area contributed by atoms with Crippen molar-refractivity contribution in [2.45, 2.75) is 39.7 Å². The van der Waals surface area contributed by atoms with E-state index in [0.717, 1.165) is 40.8 Å². The van der Waals surface area contributed by atoms with Gasteiger partial charge in [-0.25, -0.2) is 14.4 Å². The van der Waals surface area contributed by atoms with Gasteiger partial charge in [-0.15, -0.1) is 0 Å². The number of hydrogen-bond donors (Lipinski definition) is 0. The highest BCUT2D eigenvalue weighted by atomic mass is 19.1. The van der Waals surface area contributed by atoms with Crippen LogP contribution in [0.15, 0.2) is 42.5 Å². The van der Waals surface area contributed by atoms with Gasteiger partial charge in [0, 0.05) is 12.6 Å². The molecule has 0 N–H and O–H groups in total. The largest absolute Gasteiger partial charge is 0.335 e. The fraction of sp³-hybridized carbons (Fsp3) is 0.318. The molecule has 0 bridgehead atoms. The van der Waals surface area contributed by atoms with E-state index in [2.05, 4.69) is 18.8 Å². The number of aromatic nitrogens is 2. The zero-order chi connectivity index (χ0) is 19.6. The van der Waals surface area contributed by atoms with Crippen molar-refractivity contribution in [3.8, 4) is 0 Å². The van der Waals surface area contributed by atoms with Crippen LogP contribution in [0, 0.1) is 5.82 Å². The maximum atomic E-state index is 13.1. The molecule has 140 valence electrons. The van der Waals surface area contributed by atoms with Crippen LogP contribution < -0.4 is 0 Å². The van der Waals surface area contributed by atoms with Gasteiger partial charge in [0.15, 0.2) is 0 Å². The molecule has 0 aliphatic carbocycles. The minimum Gasteiger partial charge on any atom is -0.335 e. The van der Waals surface area contributed by atoms with Crippen LogP contribution in [0.4, 0.5) is 4.39 Å². The molecule has 4 nitrogen and oxygen atoms in total. The van der Waals surface area contributed by atoms with Crippen LogP contribution in [0.1, 0.15) is 54.1 Å². The number of amides is 1. The summed E-state index contributed by atoms with van der Waals surface area (Å²) in [4.78, 5) is 24.0. The third-order valence-electron chi connectivity index (χ3n) is 4.99. The molecule has 0 radical (unpaired) electrons. The van der Waals surface area contributed by atoms with Crippen molar-refractivity contribution in [1.29, 1.82) is 0 Å². The Morgan fingerprint density at radius 3 is 2.19 bits per heavy atom. The summed E-state index contributed by atoms with van der Waals surface area (Å²) >= 11 is 0. The molecule has 1 amide bonds. The molecule has 0 fully saturated rings. The summed E-state index contributed by atoms with van der Waals surface area (Å²) in [6.45, 7) is 6.05. The Kier molecular flexibility index (Phi) is 5.49. The molecule has 0 spiro atoms. The van der Waals surface area contributed by atoms with Crippen LogP contribution >= 0.6 is 0 Å². The zero-order valence-corrected chi connectivity index (χ0v) is 16.2. The topological polar surface area (TPSA) is 46.1 Å². The van der Waals surface area contributed by atoms with Crippen LogP contribution in [-0.4, -0.2) is 27.8 Å². The lowest BCUT2D eigenvalue weighted by Gasteiger charge is -2.25. The van der Waals surface area contributed by atoms with Crippen LogP contribution in [-0.2, 0) is 12.8 Å². The Labute approximate surface area is 159 Å². The number of halogens is 1. The van der Waals surface area contributed by atoms with Crippen molar-refractivity contribution in [2.24, 2.45) is 0 Å². The standard InChI is InChI=1S/C22H24FN3O/c1-5-18-19(6-2)25-21-13-16(9-12-20(21)24-18)22(27)26(4)14(3)15-7-10-17(23)11-8-15/h7-14H,5-6H2,1-4H3/t14-/m0/s1. The van der Waals surface area contributed by atoms with E-state index in [9.17, 15) is 9.18 Å². The van der Waals surface area contributed by atoms with Crippen LogP contribution in [0.3, 0.4) is 0 Å². The number of fused-ring (bicyclic) bond motifs is 1. The van der Waals surface area contributed by atoms with Gasteiger partial charge in [-0.2, -0.15) is 0 Å². The molecule has 3 rings (SSSR count). The third-order valence-corrected chi connectivity index (χ3v) is 4.99. The van der Waals surface area contributed by atoms with E-state index in [1.807, 2.05) is 13.0 Å².